The van der Waals surface area contributed by atoms with Crippen LogP contribution < -0.4 is 0 Å². The Kier molecular flexibility index (Phi) is 6.25. The molecule has 0 aromatic heterocycles. The number of nitrogens with zero attached hydrogens (tertiary/aromatic N) is 2. The Morgan fingerprint density at radius 3 is 2.59 bits per heavy atom. The number of carbonyl (C=O) groups is 1. The Hall–Kier alpha value is -1.55. The molecule has 1 aliphatic heterocycles. The number of rotatable bonds is 5. The lowest BCUT2D eigenvalue weighted by atomic mass is 10.1. The van der Waals surface area contributed by atoms with Crippen molar-refractivity contribution in [2.45, 2.75) is 52.2 Å². The predicted molar refractivity (Wildman–Crippen MR) is 88.7 cm³/mol. The maximum absolute atomic E-state index is 12.2. The molecule has 122 valence electrons. The lowest BCUT2D eigenvalue weighted by molar-refractivity contribution is 0.0246. The van der Waals surface area contributed by atoms with Gasteiger partial charge in [-0.05, 0) is 25.8 Å². The van der Waals surface area contributed by atoms with Gasteiger partial charge in [-0.2, -0.15) is 0 Å². The number of ether oxygens (including phenoxy) is 1. The summed E-state index contributed by atoms with van der Waals surface area (Å²) < 4.78 is 5.36. The number of benzene rings is 1. The largest absolute Gasteiger partial charge is 0.449 e. The molecule has 0 N–H and O–H groups in total. The van der Waals surface area contributed by atoms with Crippen LogP contribution in [0.1, 0.15) is 39.2 Å². The van der Waals surface area contributed by atoms with Crippen molar-refractivity contribution in [3.8, 4) is 0 Å². The minimum absolute atomic E-state index is 0.160. The second kappa shape index (κ2) is 8.18. The first kappa shape index (κ1) is 16.8. The van der Waals surface area contributed by atoms with Crippen molar-refractivity contribution in [3.63, 3.8) is 0 Å². The zero-order valence-corrected chi connectivity index (χ0v) is 14.0. The van der Waals surface area contributed by atoms with E-state index in [1.165, 1.54) is 5.56 Å². The minimum Gasteiger partial charge on any atom is -0.449 e. The van der Waals surface area contributed by atoms with E-state index in [0.717, 1.165) is 32.5 Å². The fourth-order valence-corrected chi connectivity index (χ4v) is 2.88. The highest BCUT2D eigenvalue weighted by Gasteiger charge is 2.32. The average molecular weight is 304 g/mol. The van der Waals surface area contributed by atoms with Crippen LogP contribution in [0.25, 0.3) is 0 Å². The molecule has 0 radical (unpaired) electrons. The van der Waals surface area contributed by atoms with Gasteiger partial charge in [-0.25, -0.2) is 4.79 Å². The van der Waals surface area contributed by atoms with Gasteiger partial charge < -0.3 is 9.64 Å². The van der Waals surface area contributed by atoms with Crippen LogP contribution in [0, 0.1) is 0 Å². The van der Waals surface area contributed by atoms with Crippen LogP contribution in [0.3, 0.4) is 0 Å². The Labute approximate surface area is 134 Å². The van der Waals surface area contributed by atoms with E-state index in [-0.39, 0.29) is 12.1 Å². The average Bonchev–Trinajstić information content (AvgIpc) is 2.51. The maximum atomic E-state index is 12.2. The summed E-state index contributed by atoms with van der Waals surface area (Å²) >= 11 is 0. The van der Waals surface area contributed by atoms with Crippen LogP contribution in [0.4, 0.5) is 4.79 Å². The zero-order chi connectivity index (χ0) is 15.9. The highest BCUT2D eigenvalue weighted by atomic mass is 16.6. The fourth-order valence-electron chi connectivity index (χ4n) is 2.88. The summed E-state index contributed by atoms with van der Waals surface area (Å²) in [6.07, 6.45) is 1.82. The SMILES string of the molecule is CCCCOC(=O)N1C[C@@H](C)N(Cc2ccccc2)C[C@@H]1C. The molecule has 1 heterocycles. The van der Waals surface area contributed by atoms with Crippen molar-refractivity contribution < 1.29 is 9.53 Å². The number of hydrogen-bond acceptors (Lipinski definition) is 3. The van der Waals surface area contributed by atoms with E-state index in [9.17, 15) is 4.79 Å². The second-order valence-electron chi connectivity index (χ2n) is 6.23. The van der Waals surface area contributed by atoms with Gasteiger partial charge in [0.15, 0.2) is 0 Å². The van der Waals surface area contributed by atoms with Crippen molar-refractivity contribution in [1.29, 1.82) is 0 Å². The number of amides is 1. The molecule has 0 saturated carbocycles. The van der Waals surface area contributed by atoms with Gasteiger partial charge in [0, 0.05) is 31.7 Å². The minimum atomic E-state index is -0.160. The molecule has 4 nitrogen and oxygen atoms in total. The molecule has 1 amide bonds. The van der Waals surface area contributed by atoms with E-state index in [1.807, 2.05) is 11.0 Å². The summed E-state index contributed by atoms with van der Waals surface area (Å²) in [6, 6.07) is 11.0. The van der Waals surface area contributed by atoms with Crippen molar-refractivity contribution in [1.82, 2.24) is 9.80 Å². The summed E-state index contributed by atoms with van der Waals surface area (Å²) in [5, 5.41) is 0. The van der Waals surface area contributed by atoms with Gasteiger partial charge in [0.05, 0.1) is 6.61 Å². The number of unbranched alkanes of at least 4 members (excludes halogenated alkanes) is 1. The van der Waals surface area contributed by atoms with Gasteiger partial charge in [0.1, 0.15) is 0 Å². The summed E-state index contributed by atoms with van der Waals surface area (Å²) in [4.78, 5) is 16.5. The molecule has 2 rings (SSSR count). The lowest BCUT2D eigenvalue weighted by Gasteiger charge is -2.43. The molecule has 2 atom stereocenters. The number of hydrogen-bond donors (Lipinski definition) is 0. The fraction of sp³-hybridized carbons (Fsp3) is 0.611. The Balaban J connectivity index is 1.89. The lowest BCUT2D eigenvalue weighted by Crippen LogP contribution is -2.57. The first-order valence-electron chi connectivity index (χ1n) is 8.33. The molecule has 1 aromatic rings. The normalized spacial score (nSPS) is 22.6. The van der Waals surface area contributed by atoms with E-state index in [1.54, 1.807) is 0 Å². The number of piperazine rings is 1. The summed E-state index contributed by atoms with van der Waals surface area (Å²) in [5.41, 5.74) is 1.32. The third-order valence-electron chi connectivity index (χ3n) is 4.30. The van der Waals surface area contributed by atoms with Crippen LogP contribution in [0.2, 0.25) is 0 Å². The van der Waals surface area contributed by atoms with Crippen molar-refractivity contribution in [2.24, 2.45) is 0 Å². The van der Waals surface area contributed by atoms with Crippen LogP contribution in [-0.4, -0.2) is 47.7 Å². The van der Waals surface area contributed by atoms with Crippen LogP contribution in [0.15, 0.2) is 30.3 Å². The Morgan fingerprint density at radius 1 is 1.18 bits per heavy atom. The third-order valence-corrected chi connectivity index (χ3v) is 4.30. The molecule has 0 spiro atoms. The molecule has 0 unspecified atom stereocenters. The first-order valence-corrected chi connectivity index (χ1v) is 8.33. The van der Waals surface area contributed by atoms with Gasteiger partial charge in [-0.1, -0.05) is 43.7 Å². The topological polar surface area (TPSA) is 32.8 Å². The van der Waals surface area contributed by atoms with Crippen LogP contribution in [-0.2, 0) is 11.3 Å². The van der Waals surface area contributed by atoms with E-state index < -0.39 is 0 Å². The Bertz CT molecular complexity index is 463. The second-order valence-corrected chi connectivity index (χ2v) is 6.23. The van der Waals surface area contributed by atoms with E-state index >= 15 is 0 Å². The van der Waals surface area contributed by atoms with Gasteiger partial charge >= 0.3 is 6.09 Å². The molecule has 22 heavy (non-hydrogen) atoms. The quantitative estimate of drug-likeness (QED) is 0.780. The molecule has 4 heteroatoms. The van der Waals surface area contributed by atoms with Crippen molar-refractivity contribution >= 4 is 6.09 Å². The van der Waals surface area contributed by atoms with Crippen LogP contribution >= 0.6 is 0 Å². The zero-order valence-electron chi connectivity index (χ0n) is 14.0. The molecular weight excluding hydrogens is 276 g/mol. The predicted octanol–water partition coefficient (Wildman–Crippen LogP) is 3.52. The maximum Gasteiger partial charge on any atom is 0.410 e. The third kappa shape index (κ3) is 4.47. The van der Waals surface area contributed by atoms with Crippen LogP contribution in [0.5, 0.6) is 0 Å². The molecule has 1 aromatic carbocycles. The first-order chi connectivity index (χ1) is 10.6. The van der Waals surface area contributed by atoms with Gasteiger partial charge in [0.25, 0.3) is 0 Å². The molecule has 1 saturated heterocycles. The summed E-state index contributed by atoms with van der Waals surface area (Å²) in [5.74, 6) is 0. The monoisotopic (exact) mass is 304 g/mol. The smallest absolute Gasteiger partial charge is 0.410 e. The Morgan fingerprint density at radius 2 is 1.91 bits per heavy atom. The highest BCUT2D eigenvalue weighted by molar-refractivity contribution is 5.68. The van der Waals surface area contributed by atoms with Gasteiger partial charge in [0.2, 0.25) is 0 Å². The molecule has 0 aliphatic carbocycles. The van der Waals surface area contributed by atoms with Gasteiger partial charge in [-0.15, -0.1) is 0 Å². The molecule has 1 fully saturated rings. The summed E-state index contributed by atoms with van der Waals surface area (Å²) in [6.45, 7) is 9.47. The standard InChI is InChI=1S/C18H28N2O2/c1-4-5-11-22-18(21)20-13-15(2)19(12-16(20)3)14-17-9-7-6-8-10-17/h6-10,15-16H,4-5,11-14H2,1-3H3/t15-,16+/m1/s1. The molecule has 1 aliphatic rings. The van der Waals surface area contributed by atoms with E-state index in [0.29, 0.717) is 12.6 Å². The van der Waals surface area contributed by atoms with Gasteiger partial charge in [-0.3, -0.25) is 4.90 Å². The van der Waals surface area contributed by atoms with Crippen molar-refractivity contribution in [2.75, 3.05) is 19.7 Å². The highest BCUT2D eigenvalue weighted by Crippen LogP contribution is 2.19. The van der Waals surface area contributed by atoms with E-state index in [2.05, 4.69) is 49.9 Å². The molecular formula is C18H28N2O2. The van der Waals surface area contributed by atoms with Crippen molar-refractivity contribution in [3.05, 3.63) is 35.9 Å². The number of carbonyl (C=O) groups excluding carboxylic acids is 1. The van der Waals surface area contributed by atoms with E-state index in [4.69, 9.17) is 4.74 Å². The summed E-state index contributed by atoms with van der Waals surface area (Å²) in [7, 11) is 0. The molecule has 0 bridgehead atoms.